The molecule has 0 aliphatic carbocycles. The first kappa shape index (κ1) is 12.4. The van der Waals surface area contributed by atoms with Crippen LogP contribution >= 0.6 is 15.9 Å². The molecular weight excluding hydrogens is 297 g/mol. The van der Waals surface area contributed by atoms with Gasteiger partial charge in [0.2, 0.25) is 0 Å². The summed E-state index contributed by atoms with van der Waals surface area (Å²) in [7, 11) is 0. The number of nitrogens with two attached hydrogens (primary N) is 1. The third kappa shape index (κ3) is 2.44. The van der Waals surface area contributed by atoms with Crippen LogP contribution in [0.3, 0.4) is 0 Å². The van der Waals surface area contributed by atoms with Crippen molar-refractivity contribution in [1.82, 2.24) is 0 Å². The molecule has 2 rings (SSSR count). The van der Waals surface area contributed by atoms with Crippen LogP contribution in [-0.2, 0) is 0 Å². The number of halogens is 2. The zero-order valence-corrected chi connectivity index (χ0v) is 10.8. The maximum absolute atomic E-state index is 13.3. The first-order valence-corrected chi connectivity index (χ1v) is 5.92. The predicted molar refractivity (Wildman–Crippen MR) is 73.0 cm³/mol. The van der Waals surface area contributed by atoms with Gasteiger partial charge in [0.15, 0.2) is 0 Å². The van der Waals surface area contributed by atoms with Crippen molar-refractivity contribution in [3.8, 4) is 6.07 Å². The minimum atomic E-state index is -0.490. The highest BCUT2D eigenvalue weighted by Crippen LogP contribution is 2.28. The largest absolute Gasteiger partial charge is 0.395 e. The number of benzene rings is 2. The summed E-state index contributed by atoms with van der Waals surface area (Å²) in [6.07, 6.45) is 0. The quantitative estimate of drug-likeness (QED) is 0.830. The maximum Gasteiger partial charge on any atom is 0.148 e. The topological polar surface area (TPSA) is 61.8 Å². The monoisotopic (exact) mass is 305 g/mol. The molecule has 0 saturated carbocycles. The number of hydrogen-bond donors (Lipinski definition) is 2. The third-order valence-electron chi connectivity index (χ3n) is 2.42. The standard InChI is InChI=1S/C13H9BrFN3/c14-9-4-5-11(8(6-9)7-16)18-12-3-1-2-10(15)13(12)17/h1-6,18H,17H2. The van der Waals surface area contributed by atoms with Crippen molar-refractivity contribution in [3.05, 3.63) is 52.3 Å². The first-order chi connectivity index (χ1) is 8.61. The van der Waals surface area contributed by atoms with Crippen LogP contribution in [0.15, 0.2) is 40.9 Å². The van der Waals surface area contributed by atoms with Gasteiger partial charge in [0.25, 0.3) is 0 Å². The van der Waals surface area contributed by atoms with Crippen LogP contribution in [0.4, 0.5) is 21.5 Å². The van der Waals surface area contributed by atoms with E-state index in [1.807, 2.05) is 0 Å². The van der Waals surface area contributed by atoms with Crippen molar-refractivity contribution in [3.63, 3.8) is 0 Å². The summed E-state index contributed by atoms with van der Waals surface area (Å²) >= 11 is 3.29. The van der Waals surface area contributed by atoms with Crippen molar-refractivity contribution < 1.29 is 4.39 Å². The van der Waals surface area contributed by atoms with Gasteiger partial charge in [-0.05, 0) is 30.3 Å². The van der Waals surface area contributed by atoms with Crippen molar-refractivity contribution in [2.24, 2.45) is 0 Å². The van der Waals surface area contributed by atoms with E-state index in [1.54, 1.807) is 30.3 Å². The highest BCUT2D eigenvalue weighted by Gasteiger charge is 2.07. The van der Waals surface area contributed by atoms with Gasteiger partial charge in [0, 0.05) is 4.47 Å². The smallest absolute Gasteiger partial charge is 0.148 e. The SMILES string of the molecule is N#Cc1cc(Br)ccc1Nc1cccc(F)c1N. The average molecular weight is 306 g/mol. The fourth-order valence-electron chi connectivity index (χ4n) is 1.51. The highest BCUT2D eigenvalue weighted by molar-refractivity contribution is 9.10. The Balaban J connectivity index is 2.41. The van der Waals surface area contributed by atoms with Crippen LogP contribution in [0.1, 0.15) is 5.56 Å². The lowest BCUT2D eigenvalue weighted by Gasteiger charge is -2.11. The Labute approximate surface area is 112 Å². The van der Waals surface area contributed by atoms with E-state index in [1.165, 1.54) is 6.07 Å². The van der Waals surface area contributed by atoms with Gasteiger partial charge < -0.3 is 11.1 Å². The summed E-state index contributed by atoms with van der Waals surface area (Å²) < 4.78 is 14.1. The van der Waals surface area contributed by atoms with E-state index in [4.69, 9.17) is 11.0 Å². The minimum absolute atomic E-state index is 0.0318. The van der Waals surface area contributed by atoms with Gasteiger partial charge in [0.05, 0.1) is 22.6 Å². The average Bonchev–Trinajstić information content (AvgIpc) is 2.37. The van der Waals surface area contributed by atoms with E-state index in [0.717, 1.165) is 4.47 Å². The van der Waals surface area contributed by atoms with Crippen LogP contribution in [0.25, 0.3) is 0 Å². The van der Waals surface area contributed by atoms with E-state index in [9.17, 15) is 4.39 Å². The summed E-state index contributed by atoms with van der Waals surface area (Å²) in [5.74, 6) is -0.490. The molecule has 2 aromatic carbocycles. The second kappa shape index (κ2) is 5.07. The second-order valence-electron chi connectivity index (χ2n) is 3.63. The second-order valence-corrected chi connectivity index (χ2v) is 4.54. The van der Waals surface area contributed by atoms with Crippen LogP contribution in [0.2, 0.25) is 0 Å². The normalized spacial score (nSPS) is 9.83. The van der Waals surface area contributed by atoms with Crippen LogP contribution in [0, 0.1) is 17.1 Å². The Morgan fingerprint density at radius 3 is 2.72 bits per heavy atom. The van der Waals surface area contributed by atoms with Gasteiger partial charge in [-0.2, -0.15) is 5.26 Å². The van der Waals surface area contributed by atoms with Crippen molar-refractivity contribution >= 4 is 33.0 Å². The Hall–Kier alpha value is -2.06. The van der Waals surface area contributed by atoms with Crippen molar-refractivity contribution in [2.45, 2.75) is 0 Å². The number of rotatable bonds is 2. The Morgan fingerprint density at radius 2 is 2.00 bits per heavy atom. The summed E-state index contributed by atoms with van der Waals surface area (Å²) in [4.78, 5) is 0. The number of hydrogen-bond acceptors (Lipinski definition) is 3. The summed E-state index contributed by atoms with van der Waals surface area (Å²) in [6.45, 7) is 0. The number of nitrogens with one attached hydrogen (secondary N) is 1. The van der Waals surface area contributed by atoms with E-state index in [-0.39, 0.29) is 5.69 Å². The molecule has 0 amide bonds. The molecule has 90 valence electrons. The van der Waals surface area contributed by atoms with Gasteiger partial charge >= 0.3 is 0 Å². The molecule has 0 atom stereocenters. The summed E-state index contributed by atoms with van der Waals surface area (Å²) in [5.41, 5.74) is 7.13. The maximum atomic E-state index is 13.3. The number of nitrogen functional groups attached to an aromatic ring is 1. The molecule has 0 aliphatic rings. The van der Waals surface area contributed by atoms with Gasteiger partial charge in [0.1, 0.15) is 11.9 Å². The van der Waals surface area contributed by atoms with Crippen LogP contribution in [-0.4, -0.2) is 0 Å². The lowest BCUT2D eigenvalue weighted by Crippen LogP contribution is -2.00. The lowest BCUT2D eigenvalue weighted by atomic mass is 10.2. The van der Waals surface area contributed by atoms with E-state index >= 15 is 0 Å². The number of nitrogens with zero attached hydrogens (tertiary/aromatic N) is 1. The van der Waals surface area contributed by atoms with Crippen LogP contribution < -0.4 is 11.1 Å². The molecule has 0 spiro atoms. The third-order valence-corrected chi connectivity index (χ3v) is 2.92. The molecular formula is C13H9BrFN3. The van der Waals surface area contributed by atoms with E-state index < -0.39 is 5.82 Å². The van der Waals surface area contributed by atoms with Gasteiger partial charge in [-0.3, -0.25) is 0 Å². The molecule has 0 bridgehead atoms. The van der Waals surface area contributed by atoms with Crippen LogP contribution in [0.5, 0.6) is 0 Å². The zero-order valence-electron chi connectivity index (χ0n) is 9.24. The minimum Gasteiger partial charge on any atom is -0.395 e. The first-order valence-electron chi connectivity index (χ1n) is 5.12. The Bertz CT molecular complexity index is 635. The fourth-order valence-corrected chi connectivity index (χ4v) is 1.87. The molecule has 0 aliphatic heterocycles. The Kier molecular flexibility index (Phi) is 3.49. The molecule has 18 heavy (non-hydrogen) atoms. The van der Waals surface area contributed by atoms with E-state index in [2.05, 4.69) is 27.3 Å². The molecule has 0 heterocycles. The summed E-state index contributed by atoms with van der Waals surface area (Å²) in [6, 6.07) is 11.8. The molecule has 0 aromatic heterocycles. The molecule has 0 unspecified atom stereocenters. The lowest BCUT2D eigenvalue weighted by molar-refractivity contribution is 0.633. The highest BCUT2D eigenvalue weighted by atomic mass is 79.9. The molecule has 3 N–H and O–H groups in total. The molecule has 3 nitrogen and oxygen atoms in total. The molecule has 2 aromatic rings. The number of anilines is 3. The molecule has 0 fully saturated rings. The van der Waals surface area contributed by atoms with Crippen molar-refractivity contribution in [1.29, 1.82) is 5.26 Å². The predicted octanol–water partition coefficient (Wildman–Crippen LogP) is 3.79. The summed E-state index contributed by atoms with van der Waals surface area (Å²) in [5, 5.41) is 12.0. The van der Waals surface area contributed by atoms with Crippen molar-refractivity contribution in [2.75, 3.05) is 11.1 Å². The molecule has 0 saturated heterocycles. The zero-order chi connectivity index (χ0) is 13.1. The fraction of sp³-hybridized carbons (Fsp3) is 0. The van der Waals surface area contributed by atoms with Gasteiger partial charge in [-0.15, -0.1) is 0 Å². The Morgan fingerprint density at radius 1 is 1.22 bits per heavy atom. The van der Waals surface area contributed by atoms with Gasteiger partial charge in [-0.1, -0.05) is 22.0 Å². The van der Waals surface area contributed by atoms with E-state index in [0.29, 0.717) is 16.9 Å². The number of nitriles is 1. The molecule has 5 heteroatoms. The van der Waals surface area contributed by atoms with Gasteiger partial charge in [-0.25, -0.2) is 4.39 Å². The molecule has 0 radical (unpaired) electrons. The number of para-hydroxylation sites is 1.